The third-order valence-corrected chi connectivity index (χ3v) is 3.62. The zero-order chi connectivity index (χ0) is 11.3. The summed E-state index contributed by atoms with van der Waals surface area (Å²) in [6, 6.07) is 10.4. The minimum absolute atomic E-state index is 0.438. The monoisotopic (exact) mass is 218 g/mol. The largest absolute Gasteiger partial charge is 0.376 e. The van der Waals surface area contributed by atoms with Crippen molar-refractivity contribution in [2.45, 2.75) is 45.6 Å². The fraction of sp³-hybridized carbons (Fsp3) is 0.600. The van der Waals surface area contributed by atoms with Crippen molar-refractivity contribution in [3.8, 4) is 0 Å². The van der Waals surface area contributed by atoms with E-state index in [1.54, 1.807) is 0 Å². The van der Waals surface area contributed by atoms with E-state index in [9.17, 15) is 0 Å². The molecule has 0 aromatic heterocycles. The summed E-state index contributed by atoms with van der Waals surface area (Å²) in [5.74, 6) is 0. The summed E-state index contributed by atoms with van der Waals surface area (Å²) in [7, 11) is 0. The van der Waals surface area contributed by atoms with Crippen LogP contribution in [0, 0.1) is 5.41 Å². The maximum Gasteiger partial charge on any atom is 0.0717 e. The Balaban J connectivity index is 1.75. The van der Waals surface area contributed by atoms with Crippen molar-refractivity contribution < 1.29 is 4.74 Å². The summed E-state index contributed by atoms with van der Waals surface area (Å²) in [4.78, 5) is 0. The van der Waals surface area contributed by atoms with Gasteiger partial charge in [0.25, 0.3) is 0 Å². The van der Waals surface area contributed by atoms with E-state index < -0.39 is 0 Å². The van der Waals surface area contributed by atoms with Crippen molar-refractivity contribution in [3.05, 3.63) is 35.9 Å². The van der Waals surface area contributed by atoms with Gasteiger partial charge in [-0.2, -0.15) is 0 Å². The van der Waals surface area contributed by atoms with Gasteiger partial charge in [0.05, 0.1) is 13.2 Å². The molecule has 1 heteroatoms. The van der Waals surface area contributed by atoms with Crippen LogP contribution in [0.2, 0.25) is 0 Å². The van der Waals surface area contributed by atoms with Gasteiger partial charge in [-0.25, -0.2) is 0 Å². The Morgan fingerprint density at radius 3 is 2.44 bits per heavy atom. The first kappa shape index (κ1) is 11.7. The van der Waals surface area contributed by atoms with Crippen molar-refractivity contribution >= 4 is 0 Å². The van der Waals surface area contributed by atoms with Gasteiger partial charge in [-0.15, -0.1) is 0 Å². The van der Waals surface area contributed by atoms with Gasteiger partial charge in [-0.1, -0.05) is 56.5 Å². The van der Waals surface area contributed by atoms with Gasteiger partial charge in [-0.3, -0.25) is 0 Å². The molecule has 16 heavy (non-hydrogen) atoms. The lowest BCUT2D eigenvalue weighted by Crippen LogP contribution is -2.26. The van der Waals surface area contributed by atoms with Crippen LogP contribution in [-0.2, 0) is 11.3 Å². The molecule has 0 N–H and O–H groups in total. The van der Waals surface area contributed by atoms with Gasteiger partial charge >= 0.3 is 0 Å². The Hall–Kier alpha value is -0.820. The summed E-state index contributed by atoms with van der Waals surface area (Å²) in [5.41, 5.74) is 1.72. The normalized spacial score (nSPS) is 19.6. The lowest BCUT2D eigenvalue weighted by Gasteiger charge is -2.33. The maximum atomic E-state index is 5.86. The second kappa shape index (κ2) is 5.49. The Bertz CT molecular complexity index is 298. The molecule has 2 rings (SSSR count). The number of benzene rings is 1. The van der Waals surface area contributed by atoms with Crippen LogP contribution in [0.25, 0.3) is 0 Å². The summed E-state index contributed by atoms with van der Waals surface area (Å²) < 4.78 is 5.86. The van der Waals surface area contributed by atoms with Crippen LogP contribution in [0.5, 0.6) is 0 Å². The molecule has 0 unspecified atom stereocenters. The molecule has 0 aliphatic heterocycles. The molecule has 0 amide bonds. The van der Waals surface area contributed by atoms with Gasteiger partial charge < -0.3 is 4.74 Å². The zero-order valence-electron chi connectivity index (χ0n) is 10.2. The molecule has 0 bridgehead atoms. The second-order valence-corrected chi connectivity index (χ2v) is 5.35. The maximum absolute atomic E-state index is 5.86. The molecule has 0 radical (unpaired) electrons. The van der Waals surface area contributed by atoms with Crippen LogP contribution in [0.1, 0.15) is 44.6 Å². The van der Waals surface area contributed by atoms with Crippen molar-refractivity contribution in [2.75, 3.05) is 6.61 Å². The van der Waals surface area contributed by atoms with Crippen LogP contribution < -0.4 is 0 Å². The Morgan fingerprint density at radius 1 is 1.06 bits per heavy atom. The van der Waals surface area contributed by atoms with E-state index in [0.717, 1.165) is 13.2 Å². The highest BCUT2D eigenvalue weighted by Gasteiger charge is 2.26. The fourth-order valence-electron chi connectivity index (χ4n) is 2.54. The fourth-order valence-corrected chi connectivity index (χ4v) is 2.54. The third kappa shape index (κ3) is 3.34. The predicted molar refractivity (Wildman–Crippen MR) is 67.3 cm³/mol. The van der Waals surface area contributed by atoms with E-state index in [-0.39, 0.29) is 0 Å². The van der Waals surface area contributed by atoms with Gasteiger partial charge in [0.2, 0.25) is 0 Å². The molecular formula is C15H22O. The molecule has 1 aliphatic carbocycles. The third-order valence-electron chi connectivity index (χ3n) is 3.62. The van der Waals surface area contributed by atoms with Gasteiger partial charge in [0.1, 0.15) is 0 Å². The molecule has 1 aromatic rings. The van der Waals surface area contributed by atoms with Crippen molar-refractivity contribution in [1.82, 2.24) is 0 Å². The Kier molecular flexibility index (Phi) is 4.00. The average molecular weight is 218 g/mol. The molecular weight excluding hydrogens is 196 g/mol. The smallest absolute Gasteiger partial charge is 0.0717 e. The second-order valence-electron chi connectivity index (χ2n) is 5.35. The molecule has 0 atom stereocenters. The molecule has 88 valence electrons. The first-order valence-electron chi connectivity index (χ1n) is 6.40. The first-order chi connectivity index (χ1) is 7.79. The van der Waals surface area contributed by atoms with Gasteiger partial charge in [-0.05, 0) is 23.8 Å². The van der Waals surface area contributed by atoms with E-state index >= 15 is 0 Å². The summed E-state index contributed by atoms with van der Waals surface area (Å²) in [6.45, 7) is 4.05. The molecule has 1 saturated carbocycles. The van der Waals surface area contributed by atoms with Crippen LogP contribution in [0.3, 0.4) is 0 Å². The van der Waals surface area contributed by atoms with Gasteiger partial charge in [0.15, 0.2) is 0 Å². The molecule has 0 spiro atoms. The van der Waals surface area contributed by atoms with Crippen LogP contribution >= 0.6 is 0 Å². The highest BCUT2D eigenvalue weighted by atomic mass is 16.5. The van der Waals surface area contributed by atoms with E-state index in [1.807, 2.05) is 6.07 Å². The Morgan fingerprint density at radius 2 is 1.75 bits per heavy atom. The Labute approximate surface area is 98.8 Å². The standard InChI is InChI=1S/C15H22O/c1-15(10-6-3-7-11-15)13-16-12-14-8-4-2-5-9-14/h2,4-5,8-9H,3,6-7,10-13H2,1H3. The molecule has 0 saturated heterocycles. The predicted octanol–water partition coefficient (Wildman–Crippen LogP) is 4.17. The lowest BCUT2D eigenvalue weighted by atomic mass is 9.76. The summed E-state index contributed by atoms with van der Waals surface area (Å²) in [5, 5.41) is 0. The van der Waals surface area contributed by atoms with Crippen LogP contribution in [-0.4, -0.2) is 6.61 Å². The van der Waals surface area contributed by atoms with Crippen molar-refractivity contribution in [2.24, 2.45) is 5.41 Å². The van der Waals surface area contributed by atoms with Gasteiger partial charge in [0, 0.05) is 0 Å². The van der Waals surface area contributed by atoms with Crippen molar-refractivity contribution in [1.29, 1.82) is 0 Å². The molecule has 1 aromatic carbocycles. The van der Waals surface area contributed by atoms with Crippen LogP contribution in [0.15, 0.2) is 30.3 Å². The minimum Gasteiger partial charge on any atom is -0.376 e. The zero-order valence-corrected chi connectivity index (χ0v) is 10.2. The SMILES string of the molecule is CC1(COCc2ccccc2)CCCCC1. The quantitative estimate of drug-likeness (QED) is 0.737. The molecule has 1 aliphatic rings. The first-order valence-corrected chi connectivity index (χ1v) is 6.40. The van der Waals surface area contributed by atoms with E-state index in [2.05, 4.69) is 31.2 Å². The van der Waals surface area contributed by atoms with E-state index in [0.29, 0.717) is 5.41 Å². The van der Waals surface area contributed by atoms with E-state index in [1.165, 1.54) is 37.7 Å². The van der Waals surface area contributed by atoms with Crippen LogP contribution in [0.4, 0.5) is 0 Å². The highest BCUT2D eigenvalue weighted by molar-refractivity contribution is 5.13. The number of ether oxygens (including phenoxy) is 1. The van der Waals surface area contributed by atoms with Crippen molar-refractivity contribution in [3.63, 3.8) is 0 Å². The topological polar surface area (TPSA) is 9.23 Å². The lowest BCUT2D eigenvalue weighted by molar-refractivity contribution is 0.0222. The molecule has 1 nitrogen and oxygen atoms in total. The molecule has 0 heterocycles. The molecule has 1 fully saturated rings. The number of rotatable bonds is 4. The minimum atomic E-state index is 0.438. The average Bonchev–Trinajstić information content (AvgIpc) is 2.31. The number of hydrogen-bond acceptors (Lipinski definition) is 1. The number of hydrogen-bond donors (Lipinski definition) is 0. The summed E-state index contributed by atoms with van der Waals surface area (Å²) in [6.07, 6.45) is 6.84. The summed E-state index contributed by atoms with van der Waals surface area (Å²) >= 11 is 0. The van der Waals surface area contributed by atoms with E-state index in [4.69, 9.17) is 4.74 Å². The highest BCUT2D eigenvalue weighted by Crippen LogP contribution is 2.35.